The first-order chi connectivity index (χ1) is 11.5. The topological polar surface area (TPSA) is 90.8 Å². The molecule has 1 aliphatic heterocycles. The smallest absolute Gasteiger partial charge is 0.340 e. The predicted molar refractivity (Wildman–Crippen MR) is 86.4 cm³/mol. The van der Waals surface area contributed by atoms with Crippen LogP contribution in [0.3, 0.4) is 0 Å². The molecule has 2 aromatic heterocycles. The minimum Gasteiger partial charge on any atom is -0.340 e. The third-order valence-electron chi connectivity index (χ3n) is 4.40. The van der Waals surface area contributed by atoms with Gasteiger partial charge in [-0.05, 0) is 26.7 Å². The van der Waals surface area contributed by atoms with Crippen molar-refractivity contribution in [1.82, 2.24) is 34.0 Å². The van der Waals surface area contributed by atoms with Gasteiger partial charge in [0.25, 0.3) is 0 Å². The number of aryl methyl sites for hydroxylation is 1. The molecule has 3 heterocycles. The van der Waals surface area contributed by atoms with Gasteiger partial charge in [0.2, 0.25) is 5.91 Å². The van der Waals surface area contributed by atoms with Crippen LogP contribution in [0.2, 0.25) is 0 Å². The van der Waals surface area contributed by atoms with E-state index in [1.165, 1.54) is 22.0 Å². The number of nitrogens with zero attached hydrogens (tertiary/aromatic N) is 7. The van der Waals surface area contributed by atoms with Gasteiger partial charge in [0, 0.05) is 32.1 Å². The first kappa shape index (κ1) is 16.4. The molecule has 0 aromatic carbocycles. The van der Waals surface area contributed by atoms with Gasteiger partial charge in [-0.2, -0.15) is 10.2 Å². The van der Waals surface area contributed by atoms with Crippen LogP contribution in [-0.2, 0) is 18.4 Å². The summed E-state index contributed by atoms with van der Waals surface area (Å²) in [6.45, 7) is 5.44. The molecule has 1 unspecified atom stereocenters. The summed E-state index contributed by atoms with van der Waals surface area (Å²) >= 11 is 0. The van der Waals surface area contributed by atoms with E-state index in [0.717, 1.165) is 25.2 Å². The number of carbonyl (C=O) groups excluding carboxylic acids is 1. The Morgan fingerprint density at radius 3 is 2.88 bits per heavy atom. The average molecular weight is 333 g/mol. The van der Waals surface area contributed by atoms with Crippen molar-refractivity contribution in [1.29, 1.82) is 0 Å². The van der Waals surface area contributed by atoms with Crippen molar-refractivity contribution in [2.75, 3.05) is 13.1 Å². The van der Waals surface area contributed by atoms with Crippen LogP contribution in [0.1, 0.15) is 44.5 Å². The van der Waals surface area contributed by atoms with Gasteiger partial charge in [-0.3, -0.25) is 9.36 Å². The zero-order valence-electron chi connectivity index (χ0n) is 14.3. The summed E-state index contributed by atoms with van der Waals surface area (Å²) in [5.74, 6) is 0.866. The van der Waals surface area contributed by atoms with E-state index in [9.17, 15) is 9.59 Å². The Labute approximate surface area is 139 Å². The fourth-order valence-corrected chi connectivity index (χ4v) is 3.23. The zero-order valence-corrected chi connectivity index (χ0v) is 14.3. The lowest BCUT2D eigenvalue weighted by Crippen LogP contribution is -2.41. The summed E-state index contributed by atoms with van der Waals surface area (Å²) < 4.78 is 4.64. The van der Waals surface area contributed by atoms with Gasteiger partial charge in [0.1, 0.15) is 25.0 Å². The third kappa shape index (κ3) is 3.10. The number of carbonyl (C=O) groups is 1. The number of aromatic nitrogens is 6. The van der Waals surface area contributed by atoms with Crippen molar-refractivity contribution in [3.8, 4) is 0 Å². The quantitative estimate of drug-likeness (QED) is 0.795. The summed E-state index contributed by atoms with van der Waals surface area (Å²) in [5.41, 5.74) is -0.105. The highest BCUT2D eigenvalue weighted by atomic mass is 16.2. The van der Waals surface area contributed by atoms with Crippen molar-refractivity contribution < 1.29 is 4.79 Å². The molecule has 1 saturated heterocycles. The van der Waals surface area contributed by atoms with Crippen molar-refractivity contribution in [2.45, 2.75) is 45.2 Å². The lowest BCUT2D eigenvalue weighted by Gasteiger charge is -2.32. The second-order valence-electron chi connectivity index (χ2n) is 6.50. The van der Waals surface area contributed by atoms with Crippen LogP contribution in [0.25, 0.3) is 0 Å². The molecule has 0 radical (unpaired) electrons. The van der Waals surface area contributed by atoms with Gasteiger partial charge in [0.15, 0.2) is 0 Å². The lowest BCUT2D eigenvalue weighted by atomic mass is 9.96. The van der Waals surface area contributed by atoms with E-state index in [1.807, 2.05) is 18.7 Å². The normalized spacial score (nSPS) is 18.3. The minimum absolute atomic E-state index is 0.0135. The molecule has 1 fully saturated rings. The molecule has 0 bridgehead atoms. The minimum atomic E-state index is -0.105. The molecular formula is C15H23N7O2. The number of rotatable bonds is 4. The Morgan fingerprint density at radius 2 is 2.21 bits per heavy atom. The second-order valence-corrected chi connectivity index (χ2v) is 6.50. The van der Waals surface area contributed by atoms with Gasteiger partial charge in [-0.1, -0.05) is 0 Å². The summed E-state index contributed by atoms with van der Waals surface area (Å²) in [6, 6.07) is 0.0439. The maximum Gasteiger partial charge on any atom is 0.345 e. The maximum atomic E-state index is 12.5. The third-order valence-corrected chi connectivity index (χ3v) is 4.40. The van der Waals surface area contributed by atoms with E-state index in [4.69, 9.17) is 0 Å². The highest BCUT2D eigenvalue weighted by Crippen LogP contribution is 2.26. The van der Waals surface area contributed by atoms with E-state index in [0.29, 0.717) is 6.54 Å². The highest BCUT2D eigenvalue weighted by molar-refractivity contribution is 5.76. The molecule has 1 aliphatic rings. The first-order valence-corrected chi connectivity index (χ1v) is 8.23. The molecule has 1 amide bonds. The molecular weight excluding hydrogens is 310 g/mol. The Balaban J connectivity index is 1.77. The molecule has 0 N–H and O–H groups in total. The standard InChI is InChI=1S/C15H23N7O2/c1-11(2)22-14(18-19(3)15(22)24)12-5-4-6-20(7-12)13(23)8-21-10-16-9-17-21/h9-12H,4-8H2,1-3H3. The predicted octanol–water partition coefficient (Wildman–Crippen LogP) is 0.160. The van der Waals surface area contributed by atoms with Crippen LogP contribution in [0.5, 0.6) is 0 Å². The lowest BCUT2D eigenvalue weighted by molar-refractivity contribution is -0.133. The van der Waals surface area contributed by atoms with Crippen LogP contribution in [0, 0.1) is 0 Å². The van der Waals surface area contributed by atoms with Crippen LogP contribution >= 0.6 is 0 Å². The van der Waals surface area contributed by atoms with Crippen LogP contribution in [-0.4, -0.2) is 53.0 Å². The van der Waals surface area contributed by atoms with E-state index < -0.39 is 0 Å². The average Bonchev–Trinajstić information content (AvgIpc) is 3.16. The number of likely N-dealkylation sites (tertiary alicyclic amines) is 1. The molecule has 0 aliphatic carbocycles. The Morgan fingerprint density at radius 1 is 1.42 bits per heavy atom. The molecule has 1 atom stereocenters. The molecule has 9 nitrogen and oxygen atoms in total. The van der Waals surface area contributed by atoms with Gasteiger partial charge in [-0.25, -0.2) is 19.1 Å². The largest absolute Gasteiger partial charge is 0.345 e. The maximum absolute atomic E-state index is 12.5. The van der Waals surface area contributed by atoms with Gasteiger partial charge in [-0.15, -0.1) is 0 Å². The van der Waals surface area contributed by atoms with E-state index >= 15 is 0 Å². The van der Waals surface area contributed by atoms with Crippen molar-refractivity contribution >= 4 is 5.91 Å². The molecule has 130 valence electrons. The molecule has 0 spiro atoms. The number of amides is 1. The fraction of sp³-hybridized carbons (Fsp3) is 0.667. The van der Waals surface area contributed by atoms with Gasteiger partial charge >= 0.3 is 5.69 Å². The molecule has 9 heteroatoms. The second kappa shape index (κ2) is 6.58. The highest BCUT2D eigenvalue weighted by Gasteiger charge is 2.29. The van der Waals surface area contributed by atoms with Crippen LogP contribution < -0.4 is 5.69 Å². The Hall–Kier alpha value is -2.45. The van der Waals surface area contributed by atoms with Crippen LogP contribution in [0.15, 0.2) is 17.4 Å². The monoisotopic (exact) mass is 333 g/mol. The fourth-order valence-electron chi connectivity index (χ4n) is 3.23. The SMILES string of the molecule is CC(C)n1c(C2CCCN(C(=O)Cn3cncn3)C2)nn(C)c1=O. The summed E-state index contributed by atoms with van der Waals surface area (Å²) in [5, 5.41) is 8.40. The van der Waals surface area contributed by atoms with Crippen molar-refractivity contribution in [3.63, 3.8) is 0 Å². The Kier molecular flexibility index (Phi) is 4.50. The molecule has 2 aromatic rings. The number of piperidine rings is 1. The first-order valence-electron chi connectivity index (χ1n) is 8.23. The van der Waals surface area contributed by atoms with Crippen molar-refractivity contribution in [2.24, 2.45) is 7.05 Å². The summed E-state index contributed by atoms with van der Waals surface area (Å²) in [6.07, 6.45) is 4.78. The zero-order chi connectivity index (χ0) is 17.3. The number of hydrogen-bond donors (Lipinski definition) is 0. The summed E-state index contributed by atoms with van der Waals surface area (Å²) in [4.78, 5) is 30.4. The summed E-state index contributed by atoms with van der Waals surface area (Å²) in [7, 11) is 1.67. The van der Waals surface area contributed by atoms with Crippen molar-refractivity contribution in [3.05, 3.63) is 29.0 Å². The van der Waals surface area contributed by atoms with Crippen LogP contribution in [0.4, 0.5) is 0 Å². The van der Waals surface area contributed by atoms with E-state index in [-0.39, 0.29) is 30.1 Å². The number of hydrogen-bond acceptors (Lipinski definition) is 5. The Bertz CT molecular complexity index is 759. The van der Waals surface area contributed by atoms with Gasteiger partial charge in [0.05, 0.1) is 0 Å². The van der Waals surface area contributed by atoms with Gasteiger partial charge < -0.3 is 4.90 Å². The molecule has 3 rings (SSSR count). The molecule has 24 heavy (non-hydrogen) atoms. The van der Waals surface area contributed by atoms with E-state index in [1.54, 1.807) is 11.6 Å². The molecule has 0 saturated carbocycles. The van der Waals surface area contributed by atoms with E-state index in [2.05, 4.69) is 15.2 Å².